The molecule has 0 radical (unpaired) electrons. The molecule has 2 aromatic carbocycles. The fraction of sp³-hybridized carbons (Fsp3) is 0.182. The first-order chi connectivity index (χ1) is 14.1. The van der Waals surface area contributed by atoms with Gasteiger partial charge in [-0.15, -0.1) is 0 Å². The van der Waals surface area contributed by atoms with Gasteiger partial charge in [0.25, 0.3) is 5.91 Å². The molecule has 0 atom stereocenters. The van der Waals surface area contributed by atoms with Crippen LogP contribution in [-0.4, -0.2) is 36.0 Å². The van der Waals surface area contributed by atoms with Gasteiger partial charge in [0.1, 0.15) is 5.69 Å². The number of hydrogen-bond acceptors (Lipinski definition) is 3. The molecule has 1 fully saturated rings. The Morgan fingerprint density at radius 2 is 1.93 bits per heavy atom. The van der Waals surface area contributed by atoms with Gasteiger partial charge in [-0.2, -0.15) is 0 Å². The largest absolute Gasteiger partial charge is 0.359 e. The quantitative estimate of drug-likeness (QED) is 0.680. The van der Waals surface area contributed by atoms with Crippen LogP contribution in [0, 0.1) is 0 Å². The maximum Gasteiger partial charge on any atom is 0.272 e. The third-order valence-corrected chi connectivity index (χ3v) is 5.15. The molecule has 0 unspecified atom stereocenters. The number of nitrogens with one attached hydrogen (secondary N) is 2. The predicted molar refractivity (Wildman–Crippen MR) is 115 cm³/mol. The van der Waals surface area contributed by atoms with Crippen LogP contribution < -0.4 is 15.5 Å². The third-order valence-electron chi connectivity index (χ3n) is 4.84. The predicted octanol–water partition coefficient (Wildman–Crippen LogP) is 3.38. The van der Waals surface area contributed by atoms with Crippen LogP contribution in [0.2, 0.25) is 5.02 Å². The molecule has 7 heteroatoms. The van der Waals surface area contributed by atoms with E-state index in [1.807, 2.05) is 58.1 Å². The fourth-order valence-corrected chi connectivity index (χ4v) is 3.72. The number of halogens is 1. The molecule has 148 valence electrons. The van der Waals surface area contributed by atoms with Crippen molar-refractivity contribution in [3.63, 3.8) is 0 Å². The summed E-state index contributed by atoms with van der Waals surface area (Å²) in [5.74, 6) is -0.226. The number of aromatic nitrogens is 1. The first-order valence-electron chi connectivity index (χ1n) is 9.42. The molecule has 0 saturated carbocycles. The fourth-order valence-electron chi connectivity index (χ4n) is 3.42. The van der Waals surface area contributed by atoms with Crippen LogP contribution >= 0.6 is 11.6 Å². The summed E-state index contributed by atoms with van der Waals surface area (Å²) in [7, 11) is 0. The highest BCUT2D eigenvalue weighted by Gasteiger charge is 2.19. The van der Waals surface area contributed by atoms with Crippen molar-refractivity contribution in [1.82, 2.24) is 9.88 Å². The van der Waals surface area contributed by atoms with Gasteiger partial charge in [-0.25, -0.2) is 0 Å². The van der Waals surface area contributed by atoms with Crippen LogP contribution in [0.5, 0.6) is 0 Å². The lowest BCUT2D eigenvalue weighted by molar-refractivity contribution is -0.120. The Balaban J connectivity index is 1.47. The van der Waals surface area contributed by atoms with Crippen LogP contribution in [0.4, 0.5) is 11.4 Å². The van der Waals surface area contributed by atoms with Gasteiger partial charge in [0, 0.05) is 31.5 Å². The maximum atomic E-state index is 12.8. The molecule has 0 spiro atoms. The topological polar surface area (TPSA) is 66.4 Å². The lowest BCUT2D eigenvalue weighted by atomic mass is 10.2. The van der Waals surface area contributed by atoms with E-state index in [1.165, 1.54) is 0 Å². The van der Waals surface area contributed by atoms with Gasteiger partial charge in [-0.05, 0) is 35.9 Å². The van der Waals surface area contributed by atoms with E-state index in [9.17, 15) is 9.59 Å². The van der Waals surface area contributed by atoms with Crippen molar-refractivity contribution in [2.24, 2.45) is 0 Å². The first kappa shape index (κ1) is 19.1. The van der Waals surface area contributed by atoms with Crippen LogP contribution in [0.25, 0.3) is 0 Å². The van der Waals surface area contributed by atoms with Gasteiger partial charge in [-0.3, -0.25) is 9.59 Å². The summed E-state index contributed by atoms with van der Waals surface area (Å²) in [6.07, 6.45) is 1.89. The number of hydrogen-bond donors (Lipinski definition) is 2. The smallest absolute Gasteiger partial charge is 0.272 e. The molecule has 1 saturated heterocycles. The van der Waals surface area contributed by atoms with Crippen molar-refractivity contribution >= 4 is 34.8 Å². The summed E-state index contributed by atoms with van der Waals surface area (Å²) < 4.78 is 1.91. The van der Waals surface area contributed by atoms with Gasteiger partial charge >= 0.3 is 0 Å². The molecule has 6 nitrogen and oxygen atoms in total. The van der Waals surface area contributed by atoms with E-state index in [-0.39, 0.29) is 18.4 Å². The van der Waals surface area contributed by atoms with Gasteiger partial charge < -0.3 is 20.1 Å². The number of amides is 2. The Hall–Kier alpha value is -3.25. The molecule has 2 amide bonds. The number of carbonyl (C=O) groups excluding carboxylic acids is 2. The van der Waals surface area contributed by atoms with Crippen molar-refractivity contribution < 1.29 is 9.59 Å². The Morgan fingerprint density at radius 1 is 1.10 bits per heavy atom. The zero-order valence-electron chi connectivity index (χ0n) is 15.8. The van der Waals surface area contributed by atoms with Gasteiger partial charge in [0.15, 0.2) is 0 Å². The van der Waals surface area contributed by atoms with Crippen molar-refractivity contribution in [1.29, 1.82) is 0 Å². The highest BCUT2D eigenvalue weighted by molar-refractivity contribution is 6.33. The SMILES string of the molecule is O=C1CN(c2ccc(NC(=O)c3cccn3Cc3ccccc3)cc2Cl)CCN1. The number of carbonyl (C=O) groups is 2. The monoisotopic (exact) mass is 408 g/mol. The molecular formula is C22H21ClN4O2. The molecule has 3 aromatic rings. The Kier molecular flexibility index (Phi) is 5.53. The Bertz CT molecular complexity index is 1030. The van der Waals surface area contributed by atoms with E-state index in [0.29, 0.717) is 36.0 Å². The maximum absolute atomic E-state index is 12.8. The third kappa shape index (κ3) is 4.43. The Morgan fingerprint density at radius 3 is 2.69 bits per heavy atom. The normalized spacial score (nSPS) is 13.8. The molecule has 2 heterocycles. The van der Waals surface area contributed by atoms with Crippen molar-refractivity contribution in [3.05, 3.63) is 83.1 Å². The Labute approximate surface area is 174 Å². The van der Waals surface area contributed by atoms with E-state index in [2.05, 4.69) is 10.6 Å². The van der Waals surface area contributed by atoms with Crippen LogP contribution in [0.15, 0.2) is 66.9 Å². The summed E-state index contributed by atoms with van der Waals surface area (Å²) in [4.78, 5) is 26.3. The molecule has 0 aliphatic carbocycles. The summed E-state index contributed by atoms with van der Waals surface area (Å²) in [6, 6.07) is 19.0. The van der Waals surface area contributed by atoms with E-state index in [0.717, 1.165) is 11.3 Å². The van der Waals surface area contributed by atoms with Crippen LogP contribution in [0.3, 0.4) is 0 Å². The number of anilines is 2. The lowest BCUT2D eigenvalue weighted by Crippen LogP contribution is -2.47. The van der Waals surface area contributed by atoms with E-state index in [4.69, 9.17) is 11.6 Å². The summed E-state index contributed by atoms with van der Waals surface area (Å²) in [5.41, 5.74) is 3.09. The molecule has 29 heavy (non-hydrogen) atoms. The van der Waals surface area contributed by atoms with E-state index < -0.39 is 0 Å². The minimum absolute atomic E-state index is 0.0242. The average Bonchev–Trinajstić information content (AvgIpc) is 3.17. The summed E-state index contributed by atoms with van der Waals surface area (Å²) >= 11 is 6.43. The van der Waals surface area contributed by atoms with Gasteiger partial charge in [0.05, 0.1) is 17.3 Å². The van der Waals surface area contributed by atoms with Crippen LogP contribution in [-0.2, 0) is 11.3 Å². The zero-order chi connectivity index (χ0) is 20.2. The van der Waals surface area contributed by atoms with Gasteiger partial charge in [-0.1, -0.05) is 41.9 Å². The molecule has 2 N–H and O–H groups in total. The highest BCUT2D eigenvalue weighted by Crippen LogP contribution is 2.29. The molecule has 0 bridgehead atoms. The van der Waals surface area contributed by atoms with E-state index in [1.54, 1.807) is 18.2 Å². The second-order valence-electron chi connectivity index (χ2n) is 6.90. The molecule has 1 aromatic heterocycles. The standard InChI is InChI=1S/C22H21ClN4O2/c23-18-13-17(8-9-19(18)27-12-10-24-21(28)15-27)25-22(29)20-7-4-11-26(20)14-16-5-2-1-3-6-16/h1-9,11,13H,10,12,14-15H2,(H,24,28)(H,25,29). The minimum atomic E-state index is -0.202. The first-order valence-corrected chi connectivity index (χ1v) is 9.79. The molecule has 1 aliphatic heterocycles. The molecule has 1 aliphatic rings. The second-order valence-corrected chi connectivity index (χ2v) is 7.31. The summed E-state index contributed by atoms with van der Waals surface area (Å²) in [5, 5.41) is 6.20. The number of piperazine rings is 1. The van der Waals surface area contributed by atoms with Crippen molar-refractivity contribution in [3.8, 4) is 0 Å². The minimum Gasteiger partial charge on any atom is -0.359 e. The molecule has 4 rings (SSSR count). The molecular weight excluding hydrogens is 388 g/mol. The second kappa shape index (κ2) is 8.41. The van der Waals surface area contributed by atoms with Crippen molar-refractivity contribution in [2.75, 3.05) is 29.9 Å². The highest BCUT2D eigenvalue weighted by atomic mass is 35.5. The van der Waals surface area contributed by atoms with Crippen molar-refractivity contribution in [2.45, 2.75) is 6.54 Å². The van der Waals surface area contributed by atoms with E-state index >= 15 is 0 Å². The number of benzene rings is 2. The number of nitrogens with zero attached hydrogens (tertiary/aromatic N) is 2. The lowest BCUT2D eigenvalue weighted by Gasteiger charge is -2.29. The summed E-state index contributed by atoms with van der Waals surface area (Å²) in [6.45, 7) is 2.18. The van der Waals surface area contributed by atoms with Crippen LogP contribution in [0.1, 0.15) is 16.1 Å². The number of rotatable bonds is 5. The average molecular weight is 409 g/mol. The van der Waals surface area contributed by atoms with Gasteiger partial charge in [0.2, 0.25) is 5.91 Å². The zero-order valence-corrected chi connectivity index (χ0v) is 16.5.